The van der Waals surface area contributed by atoms with Crippen molar-refractivity contribution in [3.8, 4) is 0 Å². The largest absolute Gasteiger partial charge is 0.462 e. The van der Waals surface area contributed by atoms with Crippen molar-refractivity contribution < 1.29 is 23.8 Å². The Bertz CT molecular complexity index is 1040. The number of rotatable bonds is 58. The lowest BCUT2D eigenvalue weighted by atomic mass is 10.0. The minimum absolute atomic E-state index is 0.0931. The first kappa shape index (κ1) is 66.4. The molecule has 0 spiro atoms. The third-order valence-corrected chi connectivity index (χ3v) is 14.0. The number of carbonyl (C=O) groups is 2. The highest BCUT2D eigenvalue weighted by Crippen LogP contribution is 2.17. The van der Waals surface area contributed by atoms with Crippen LogP contribution >= 0.6 is 0 Å². The van der Waals surface area contributed by atoms with E-state index in [9.17, 15) is 9.59 Å². The van der Waals surface area contributed by atoms with Gasteiger partial charge in [0.1, 0.15) is 6.61 Å². The maximum Gasteiger partial charge on any atom is 0.306 e. The highest BCUT2D eigenvalue weighted by atomic mass is 16.6. The summed E-state index contributed by atoms with van der Waals surface area (Å²) in [7, 11) is 0. The number of allylic oxidation sites excluding steroid dienone is 4. The van der Waals surface area contributed by atoms with Crippen LogP contribution in [0.15, 0.2) is 24.3 Å². The normalized spacial score (nSPS) is 12.2. The zero-order chi connectivity index (χ0) is 49.2. The summed E-state index contributed by atoms with van der Waals surface area (Å²) in [5.41, 5.74) is 0. The van der Waals surface area contributed by atoms with E-state index in [0.29, 0.717) is 26.1 Å². The minimum Gasteiger partial charge on any atom is -0.462 e. The second-order valence-electron chi connectivity index (χ2n) is 21.0. The van der Waals surface area contributed by atoms with Gasteiger partial charge in [-0.3, -0.25) is 9.59 Å². The molecule has 0 aromatic rings. The van der Waals surface area contributed by atoms with Crippen LogP contribution in [0, 0.1) is 0 Å². The SMILES string of the molecule is CCCCC/C=C\C/C=C\CCCCCCCCCCCCOCC(COC(=O)CCCCCCCCCCCCCCCCCCCCC)OC(=O)CCCCCCCCCCCCCCC. The Morgan fingerprint density at radius 3 is 1.00 bits per heavy atom. The Balaban J connectivity index is 4.17. The number of unbranched alkanes of at least 4 members (excludes halogenated alkanes) is 43. The molecule has 0 aliphatic rings. The first-order chi connectivity index (χ1) is 33.6. The minimum atomic E-state index is -0.531. The molecule has 68 heavy (non-hydrogen) atoms. The van der Waals surface area contributed by atoms with Gasteiger partial charge < -0.3 is 14.2 Å². The second kappa shape index (κ2) is 59.7. The highest BCUT2D eigenvalue weighted by molar-refractivity contribution is 5.70. The van der Waals surface area contributed by atoms with Gasteiger partial charge in [-0.2, -0.15) is 0 Å². The summed E-state index contributed by atoms with van der Waals surface area (Å²) in [5.74, 6) is -0.372. The molecule has 0 saturated heterocycles. The smallest absolute Gasteiger partial charge is 0.306 e. The molecule has 5 nitrogen and oxygen atoms in total. The van der Waals surface area contributed by atoms with Crippen LogP contribution in [0.1, 0.15) is 342 Å². The molecule has 0 saturated carbocycles. The van der Waals surface area contributed by atoms with Crippen LogP contribution in [0.5, 0.6) is 0 Å². The average molecular weight is 958 g/mol. The Morgan fingerprint density at radius 2 is 0.618 bits per heavy atom. The first-order valence-electron chi connectivity index (χ1n) is 30.9. The van der Waals surface area contributed by atoms with Crippen LogP contribution in [-0.2, 0) is 23.8 Å². The van der Waals surface area contributed by atoms with Gasteiger partial charge in [-0.1, -0.05) is 302 Å². The van der Waals surface area contributed by atoms with Crippen molar-refractivity contribution in [1.82, 2.24) is 0 Å². The van der Waals surface area contributed by atoms with Gasteiger partial charge in [0, 0.05) is 19.4 Å². The lowest BCUT2D eigenvalue weighted by molar-refractivity contribution is -0.163. The van der Waals surface area contributed by atoms with Gasteiger partial charge in [0.2, 0.25) is 0 Å². The second-order valence-corrected chi connectivity index (χ2v) is 21.0. The summed E-state index contributed by atoms with van der Waals surface area (Å²) in [6.07, 6.45) is 72.1. The molecule has 0 radical (unpaired) electrons. The van der Waals surface area contributed by atoms with E-state index in [0.717, 1.165) is 44.9 Å². The number of carbonyl (C=O) groups excluding carboxylic acids is 2. The molecule has 402 valence electrons. The molecule has 0 amide bonds. The Kier molecular flexibility index (Phi) is 58.3. The zero-order valence-electron chi connectivity index (χ0n) is 46.4. The van der Waals surface area contributed by atoms with Gasteiger partial charge in [-0.05, 0) is 51.4 Å². The van der Waals surface area contributed by atoms with Crippen molar-refractivity contribution in [1.29, 1.82) is 0 Å². The third kappa shape index (κ3) is 57.0. The van der Waals surface area contributed by atoms with Crippen LogP contribution in [0.25, 0.3) is 0 Å². The van der Waals surface area contributed by atoms with Gasteiger partial charge in [-0.15, -0.1) is 0 Å². The standard InChI is InChI=1S/C63H120O5/c1-4-7-10-13-16-19-22-25-27-29-31-33-35-37-40-43-46-49-52-55-58-66-59-61(68-63(65)57-54-51-48-45-42-38-24-21-18-15-12-9-6-3)60-67-62(64)56-53-50-47-44-41-39-36-34-32-30-28-26-23-20-17-14-11-8-5-2/h16,19,25,27,61H,4-15,17-18,20-24,26,28-60H2,1-3H3/b19-16-,27-25-. The number of ether oxygens (including phenoxy) is 3. The number of esters is 2. The van der Waals surface area contributed by atoms with Crippen LogP contribution in [-0.4, -0.2) is 37.9 Å². The van der Waals surface area contributed by atoms with Crippen molar-refractivity contribution >= 4 is 11.9 Å². The predicted molar refractivity (Wildman–Crippen MR) is 298 cm³/mol. The summed E-state index contributed by atoms with van der Waals surface area (Å²) >= 11 is 0. The first-order valence-corrected chi connectivity index (χ1v) is 30.9. The van der Waals surface area contributed by atoms with Crippen molar-refractivity contribution in [2.24, 2.45) is 0 Å². The lowest BCUT2D eigenvalue weighted by Gasteiger charge is -2.18. The van der Waals surface area contributed by atoms with Crippen LogP contribution in [0.3, 0.4) is 0 Å². The molecule has 0 rings (SSSR count). The average Bonchev–Trinajstić information content (AvgIpc) is 3.34. The number of hydrogen-bond acceptors (Lipinski definition) is 5. The van der Waals surface area contributed by atoms with E-state index < -0.39 is 6.10 Å². The molecule has 0 fully saturated rings. The molecular weight excluding hydrogens is 837 g/mol. The molecule has 0 aromatic heterocycles. The molecule has 0 N–H and O–H groups in total. The highest BCUT2D eigenvalue weighted by Gasteiger charge is 2.18. The van der Waals surface area contributed by atoms with Crippen molar-refractivity contribution in [2.75, 3.05) is 19.8 Å². The van der Waals surface area contributed by atoms with Crippen molar-refractivity contribution in [2.45, 2.75) is 348 Å². The summed E-state index contributed by atoms with van der Waals surface area (Å²) in [5, 5.41) is 0. The zero-order valence-corrected chi connectivity index (χ0v) is 46.4. The van der Waals surface area contributed by atoms with Crippen LogP contribution in [0.2, 0.25) is 0 Å². The summed E-state index contributed by atoms with van der Waals surface area (Å²) in [6.45, 7) is 7.88. The van der Waals surface area contributed by atoms with Crippen molar-refractivity contribution in [3.05, 3.63) is 24.3 Å². The van der Waals surface area contributed by atoms with Gasteiger partial charge in [0.25, 0.3) is 0 Å². The molecule has 0 bridgehead atoms. The van der Waals surface area contributed by atoms with Crippen molar-refractivity contribution in [3.63, 3.8) is 0 Å². The monoisotopic (exact) mass is 957 g/mol. The quantitative estimate of drug-likeness (QED) is 0.0345. The molecule has 0 aromatic carbocycles. The van der Waals surface area contributed by atoms with E-state index in [1.165, 1.54) is 263 Å². The van der Waals surface area contributed by atoms with Gasteiger partial charge >= 0.3 is 11.9 Å². The fourth-order valence-corrected chi connectivity index (χ4v) is 9.37. The van der Waals surface area contributed by atoms with Gasteiger partial charge in [-0.25, -0.2) is 0 Å². The fourth-order valence-electron chi connectivity index (χ4n) is 9.37. The lowest BCUT2D eigenvalue weighted by Crippen LogP contribution is -2.30. The molecule has 0 aliphatic carbocycles. The third-order valence-electron chi connectivity index (χ3n) is 14.0. The van der Waals surface area contributed by atoms with E-state index in [-0.39, 0.29) is 18.5 Å². The number of hydrogen-bond donors (Lipinski definition) is 0. The van der Waals surface area contributed by atoms with Crippen LogP contribution in [0.4, 0.5) is 0 Å². The molecule has 0 aliphatic heterocycles. The Hall–Kier alpha value is -1.62. The Labute approximate surface area is 426 Å². The van der Waals surface area contributed by atoms with E-state index in [4.69, 9.17) is 14.2 Å². The van der Waals surface area contributed by atoms with E-state index >= 15 is 0 Å². The van der Waals surface area contributed by atoms with Gasteiger partial charge in [0.15, 0.2) is 6.10 Å². The topological polar surface area (TPSA) is 61.8 Å². The van der Waals surface area contributed by atoms with Crippen LogP contribution < -0.4 is 0 Å². The van der Waals surface area contributed by atoms with E-state index in [1.807, 2.05) is 0 Å². The fraction of sp³-hybridized carbons (Fsp3) is 0.905. The Morgan fingerprint density at radius 1 is 0.324 bits per heavy atom. The molecule has 1 atom stereocenters. The molecule has 1 unspecified atom stereocenters. The van der Waals surface area contributed by atoms with Gasteiger partial charge in [0.05, 0.1) is 6.61 Å². The summed E-state index contributed by atoms with van der Waals surface area (Å²) in [6, 6.07) is 0. The molecule has 0 heterocycles. The summed E-state index contributed by atoms with van der Waals surface area (Å²) in [4.78, 5) is 25.5. The van der Waals surface area contributed by atoms with E-state index in [2.05, 4.69) is 45.1 Å². The maximum absolute atomic E-state index is 12.9. The predicted octanol–water partition coefficient (Wildman–Crippen LogP) is 21.1. The molecular formula is C63H120O5. The molecule has 5 heteroatoms. The summed E-state index contributed by atoms with van der Waals surface area (Å²) < 4.78 is 17.5. The maximum atomic E-state index is 12.9. The van der Waals surface area contributed by atoms with E-state index in [1.54, 1.807) is 0 Å².